The van der Waals surface area contributed by atoms with Gasteiger partial charge in [-0.25, -0.2) is 8.78 Å². The highest BCUT2D eigenvalue weighted by Crippen LogP contribution is 2.44. The summed E-state index contributed by atoms with van der Waals surface area (Å²) in [6.45, 7) is 6.32. The van der Waals surface area contributed by atoms with Crippen molar-refractivity contribution >= 4 is 16.8 Å². The van der Waals surface area contributed by atoms with E-state index in [1.165, 1.54) is 12.3 Å². The number of hydrogen-bond acceptors (Lipinski definition) is 3. The second-order valence-corrected chi connectivity index (χ2v) is 9.68. The SMILES string of the molecule is CC(C)(C)c1ccc(-c2cc(=O)c3c(C(N)=O)nccc3[nH]2)c(C2CCC(F)(F)CC2)c1. The monoisotopic (exact) mass is 439 g/mol. The molecule has 0 unspecified atom stereocenters. The molecule has 4 rings (SSSR count). The summed E-state index contributed by atoms with van der Waals surface area (Å²) in [7, 11) is 0. The maximum Gasteiger partial charge on any atom is 0.268 e. The lowest BCUT2D eigenvalue weighted by atomic mass is 9.77. The normalized spacial score (nSPS) is 16.9. The number of H-pyrrole nitrogens is 1. The largest absolute Gasteiger partial charge is 0.364 e. The van der Waals surface area contributed by atoms with Crippen molar-refractivity contribution in [3.05, 3.63) is 63.6 Å². The number of rotatable bonds is 3. The van der Waals surface area contributed by atoms with Crippen LogP contribution in [0.3, 0.4) is 0 Å². The molecule has 2 aromatic heterocycles. The van der Waals surface area contributed by atoms with Crippen molar-refractivity contribution in [1.82, 2.24) is 9.97 Å². The third kappa shape index (κ3) is 4.16. The van der Waals surface area contributed by atoms with Gasteiger partial charge in [-0.05, 0) is 41.4 Å². The van der Waals surface area contributed by atoms with Crippen molar-refractivity contribution in [2.75, 3.05) is 0 Å². The van der Waals surface area contributed by atoms with Gasteiger partial charge in [0.2, 0.25) is 5.92 Å². The lowest BCUT2D eigenvalue weighted by Crippen LogP contribution is -2.24. The van der Waals surface area contributed by atoms with Crippen LogP contribution in [0.4, 0.5) is 8.78 Å². The molecule has 0 atom stereocenters. The van der Waals surface area contributed by atoms with Crippen LogP contribution in [0.2, 0.25) is 0 Å². The summed E-state index contributed by atoms with van der Waals surface area (Å²) in [5.41, 5.74) is 8.76. The molecule has 3 N–H and O–H groups in total. The predicted molar refractivity (Wildman–Crippen MR) is 121 cm³/mol. The second kappa shape index (κ2) is 7.80. The fourth-order valence-corrected chi connectivity index (χ4v) is 4.50. The minimum atomic E-state index is -2.62. The van der Waals surface area contributed by atoms with E-state index in [0.29, 0.717) is 24.1 Å². The Balaban J connectivity index is 1.89. The molecule has 32 heavy (non-hydrogen) atoms. The van der Waals surface area contributed by atoms with E-state index in [9.17, 15) is 18.4 Å². The van der Waals surface area contributed by atoms with Gasteiger partial charge in [0.1, 0.15) is 5.69 Å². The Morgan fingerprint density at radius 1 is 1.16 bits per heavy atom. The highest BCUT2D eigenvalue weighted by molar-refractivity contribution is 6.03. The molecule has 0 radical (unpaired) electrons. The van der Waals surface area contributed by atoms with Crippen molar-refractivity contribution < 1.29 is 13.6 Å². The van der Waals surface area contributed by atoms with Crippen LogP contribution in [-0.2, 0) is 5.41 Å². The molecule has 0 spiro atoms. The summed E-state index contributed by atoms with van der Waals surface area (Å²) < 4.78 is 27.6. The first-order valence-electron chi connectivity index (χ1n) is 10.8. The first kappa shape index (κ1) is 22.1. The third-order valence-corrected chi connectivity index (χ3v) is 6.34. The molecule has 1 aliphatic rings. The molecule has 1 aromatic carbocycles. The molecule has 7 heteroatoms. The minimum Gasteiger partial charge on any atom is -0.364 e. The topological polar surface area (TPSA) is 88.8 Å². The van der Waals surface area contributed by atoms with Gasteiger partial charge in [-0.2, -0.15) is 0 Å². The summed E-state index contributed by atoms with van der Waals surface area (Å²) >= 11 is 0. The molecule has 0 aliphatic heterocycles. The highest BCUT2D eigenvalue weighted by atomic mass is 19.3. The van der Waals surface area contributed by atoms with Crippen LogP contribution in [0.15, 0.2) is 41.3 Å². The van der Waals surface area contributed by atoms with E-state index in [4.69, 9.17) is 5.73 Å². The zero-order chi connectivity index (χ0) is 23.3. The molecule has 1 aliphatic carbocycles. The predicted octanol–water partition coefficient (Wildman–Crippen LogP) is 5.28. The summed E-state index contributed by atoms with van der Waals surface area (Å²) in [6.07, 6.45) is 1.93. The maximum atomic E-state index is 13.8. The fraction of sp³-hybridized carbons (Fsp3) is 0.400. The van der Waals surface area contributed by atoms with E-state index >= 15 is 0 Å². The number of nitrogens with one attached hydrogen (secondary N) is 1. The average molecular weight is 440 g/mol. The number of benzene rings is 1. The number of fused-ring (bicyclic) bond motifs is 1. The van der Waals surface area contributed by atoms with Crippen LogP contribution < -0.4 is 11.2 Å². The van der Waals surface area contributed by atoms with E-state index in [1.807, 2.05) is 12.1 Å². The van der Waals surface area contributed by atoms with Gasteiger partial charge in [0.25, 0.3) is 5.91 Å². The number of hydrogen-bond donors (Lipinski definition) is 2. The Kier molecular flexibility index (Phi) is 5.39. The lowest BCUT2D eigenvalue weighted by Gasteiger charge is -2.31. The molecule has 1 fully saturated rings. The third-order valence-electron chi connectivity index (χ3n) is 6.34. The number of nitrogens with two attached hydrogens (primary N) is 1. The Labute approximate surface area is 185 Å². The number of alkyl halides is 2. The number of halogens is 2. The van der Waals surface area contributed by atoms with Gasteiger partial charge in [0.15, 0.2) is 5.43 Å². The number of primary amides is 1. The van der Waals surface area contributed by atoms with Crippen molar-refractivity contribution in [2.24, 2.45) is 5.73 Å². The second-order valence-electron chi connectivity index (χ2n) is 9.68. The molecule has 1 saturated carbocycles. The van der Waals surface area contributed by atoms with Crippen molar-refractivity contribution in [1.29, 1.82) is 0 Å². The van der Waals surface area contributed by atoms with Gasteiger partial charge in [-0.1, -0.05) is 39.0 Å². The van der Waals surface area contributed by atoms with E-state index < -0.39 is 11.8 Å². The average Bonchev–Trinajstić information content (AvgIpc) is 2.72. The molecule has 0 saturated heterocycles. The molecular formula is C25H27F2N3O2. The van der Waals surface area contributed by atoms with E-state index in [-0.39, 0.29) is 40.7 Å². The standard InChI is InChI=1S/C25H27F2N3O2/c1-24(2,3)15-4-5-16(17(12-15)14-6-9-25(26,27)10-7-14)19-13-20(31)21-18(30-19)8-11-29-22(21)23(28)32/h4-5,8,11-14H,6-7,9-10H2,1-3H3,(H2,28,32)(H,30,31). The van der Waals surface area contributed by atoms with Gasteiger partial charge in [0.05, 0.1) is 10.9 Å². The summed E-state index contributed by atoms with van der Waals surface area (Å²) in [5.74, 6) is -3.41. The quantitative estimate of drug-likeness (QED) is 0.582. The zero-order valence-electron chi connectivity index (χ0n) is 18.5. The smallest absolute Gasteiger partial charge is 0.268 e. The minimum absolute atomic E-state index is 0.0234. The number of pyridine rings is 2. The van der Waals surface area contributed by atoms with Crippen molar-refractivity contribution in [3.8, 4) is 11.3 Å². The van der Waals surface area contributed by atoms with Gasteiger partial charge in [-0.3, -0.25) is 14.6 Å². The molecule has 168 valence electrons. The van der Waals surface area contributed by atoms with E-state index in [1.54, 1.807) is 6.07 Å². The first-order valence-corrected chi connectivity index (χ1v) is 10.8. The van der Waals surface area contributed by atoms with E-state index in [2.05, 4.69) is 36.8 Å². The summed E-state index contributed by atoms with van der Waals surface area (Å²) in [4.78, 5) is 31.8. The van der Waals surface area contributed by atoms with Gasteiger partial charge in [-0.15, -0.1) is 0 Å². The summed E-state index contributed by atoms with van der Waals surface area (Å²) in [6, 6.07) is 9.12. The highest BCUT2D eigenvalue weighted by Gasteiger charge is 2.36. The lowest BCUT2D eigenvalue weighted by molar-refractivity contribution is -0.0382. The van der Waals surface area contributed by atoms with Gasteiger partial charge < -0.3 is 10.7 Å². The van der Waals surface area contributed by atoms with Crippen LogP contribution in [0.1, 0.15) is 74.0 Å². The Morgan fingerprint density at radius 3 is 2.47 bits per heavy atom. The Morgan fingerprint density at radius 2 is 1.84 bits per heavy atom. The van der Waals surface area contributed by atoms with Crippen LogP contribution in [0.5, 0.6) is 0 Å². The maximum absolute atomic E-state index is 13.8. The van der Waals surface area contributed by atoms with Crippen molar-refractivity contribution in [3.63, 3.8) is 0 Å². The number of aromatic amines is 1. The number of nitrogens with zero attached hydrogens (tertiary/aromatic N) is 1. The van der Waals surface area contributed by atoms with Crippen molar-refractivity contribution in [2.45, 2.75) is 63.7 Å². The van der Waals surface area contributed by atoms with Crippen LogP contribution in [0, 0.1) is 0 Å². The molecule has 1 amide bonds. The number of amides is 1. The number of carbonyl (C=O) groups excluding carboxylic acids is 1. The van der Waals surface area contributed by atoms with Gasteiger partial charge >= 0.3 is 0 Å². The Bertz CT molecular complexity index is 1250. The molecule has 0 bridgehead atoms. The van der Waals surface area contributed by atoms with Crippen LogP contribution >= 0.6 is 0 Å². The first-order chi connectivity index (χ1) is 15.0. The molecule has 2 heterocycles. The molecule has 3 aromatic rings. The Hall–Kier alpha value is -3.09. The van der Waals surface area contributed by atoms with E-state index in [0.717, 1.165) is 16.7 Å². The van der Waals surface area contributed by atoms with Gasteiger partial charge in [0, 0.05) is 36.4 Å². The van der Waals surface area contributed by atoms with Crippen LogP contribution in [-0.4, -0.2) is 21.8 Å². The van der Waals surface area contributed by atoms with Crippen LogP contribution in [0.25, 0.3) is 22.2 Å². The molecule has 5 nitrogen and oxygen atoms in total. The summed E-state index contributed by atoms with van der Waals surface area (Å²) in [5, 5.41) is 0.147. The number of carbonyl (C=O) groups is 1. The molecular weight excluding hydrogens is 412 g/mol. The number of aromatic nitrogens is 2. The zero-order valence-corrected chi connectivity index (χ0v) is 18.5. The fourth-order valence-electron chi connectivity index (χ4n) is 4.50.